The van der Waals surface area contributed by atoms with Crippen LogP contribution in [0.1, 0.15) is 62.5 Å². The van der Waals surface area contributed by atoms with Crippen molar-refractivity contribution in [2.75, 3.05) is 19.7 Å². The summed E-state index contributed by atoms with van der Waals surface area (Å²) in [4.78, 5) is 14.6. The van der Waals surface area contributed by atoms with Gasteiger partial charge in [-0.1, -0.05) is 51.0 Å². The topological polar surface area (TPSA) is 71.1 Å². The Bertz CT molecular complexity index is 676. The maximum atomic E-state index is 12.2. The van der Waals surface area contributed by atoms with Crippen molar-refractivity contribution in [2.24, 2.45) is 0 Å². The molecule has 6 heteroatoms. The van der Waals surface area contributed by atoms with Crippen LogP contribution >= 0.6 is 0 Å². The molecule has 1 aromatic heterocycles. The minimum Gasteiger partial charge on any atom is -0.461 e. The molecular weight excluding hydrogens is 328 g/mol. The second kappa shape index (κ2) is 10.7. The highest BCUT2D eigenvalue weighted by Gasteiger charge is 2.21. The average Bonchev–Trinajstić information content (AvgIpc) is 3.14. The lowest BCUT2D eigenvalue weighted by molar-refractivity contribution is 0.0520. The van der Waals surface area contributed by atoms with Gasteiger partial charge in [-0.2, -0.15) is 10.3 Å². The van der Waals surface area contributed by atoms with Gasteiger partial charge in [0.2, 0.25) is 0 Å². The van der Waals surface area contributed by atoms with Gasteiger partial charge in [-0.25, -0.2) is 4.79 Å². The normalized spacial score (nSPS) is 11.1. The number of rotatable bonds is 11. The van der Waals surface area contributed by atoms with Crippen molar-refractivity contribution < 1.29 is 9.53 Å². The predicted octanol–water partition coefficient (Wildman–Crippen LogP) is 4.05. The number of unbranched alkanes of at least 4 members (excludes halogenated alkanes) is 2. The third-order valence-electron chi connectivity index (χ3n) is 4.34. The van der Waals surface area contributed by atoms with Crippen LogP contribution in [0.5, 0.6) is 0 Å². The van der Waals surface area contributed by atoms with Gasteiger partial charge in [-0.15, -0.1) is 5.10 Å². The van der Waals surface area contributed by atoms with Gasteiger partial charge in [0.25, 0.3) is 0 Å². The van der Waals surface area contributed by atoms with Crippen molar-refractivity contribution in [2.45, 2.75) is 53.0 Å². The Balaban J connectivity index is 2.27. The fraction of sp³-hybridized carbons (Fsp3) is 0.550. The van der Waals surface area contributed by atoms with Crippen molar-refractivity contribution in [3.05, 3.63) is 35.5 Å². The van der Waals surface area contributed by atoms with Gasteiger partial charge in [0.05, 0.1) is 6.61 Å². The van der Waals surface area contributed by atoms with E-state index >= 15 is 0 Å². The van der Waals surface area contributed by atoms with Crippen molar-refractivity contribution >= 4 is 5.97 Å². The van der Waals surface area contributed by atoms with Gasteiger partial charge in [-0.05, 0) is 38.4 Å². The van der Waals surface area contributed by atoms with Crippen LogP contribution in [0.15, 0.2) is 24.3 Å². The Morgan fingerprint density at radius 1 is 1.08 bits per heavy atom. The molecule has 0 fully saturated rings. The number of benzene rings is 1. The summed E-state index contributed by atoms with van der Waals surface area (Å²) in [6.07, 6.45) is 4.73. The van der Waals surface area contributed by atoms with E-state index < -0.39 is 5.97 Å². The van der Waals surface area contributed by atoms with Gasteiger partial charge in [-0.3, -0.25) is 4.90 Å². The predicted molar refractivity (Wildman–Crippen MR) is 103 cm³/mol. The minimum atomic E-state index is -0.445. The van der Waals surface area contributed by atoms with E-state index in [0.717, 1.165) is 30.8 Å². The first kappa shape index (κ1) is 20.1. The number of H-pyrrole nitrogens is 1. The molecule has 1 heterocycles. The minimum absolute atomic E-state index is 0.243. The summed E-state index contributed by atoms with van der Waals surface area (Å²) in [6.45, 7) is 9.52. The van der Waals surface area contributed by atoms with E-state index in [9.17, 15) is 4.79 Å². The van der Waals surface area contributed by atoms with E-state index in [0.29, 0.717) is 12.3 Å². The standard InChI is InChI=1S/C20H30N4O2/c1-4-7-13-24(14-8-5-2)15-16-11-9-10-12-17(16)18-19(22-23-21-18)20(25)26-6-3/h9-12H,4-8,13-15H2,1-3H3,(H,21,22,23). The molecule has 0 bridgehead atoms. The van der Waals surface area contributed by atoms with Crippen molar-refractivity contribution in [1.82, 2.24) is 20.3 Å². The monoisotopic (exact) mass is 358 g/mol. The number of carbonyl (C=O) groups is 1. The van der Waals surface area contributed by atoms with Crippen molar-refractivity contribution in [3.63, 3.8) is 0 Å². The van der Waals surface area contributed by atoms with E-state index in [4.69, 9.17) is 4.74 Å². The zero-order valence-corrected chi connectivity index (χ0v) is 16.1. The highest BCUT2D eigenvalue weighted by Crippen LogP contribution is 2.26. The van der Waals surface area contributed by atoms with Gasteiger partial charge >= 0.3 is 5.97 Å². The fourth-order valence-corrected chi connectivity index (χ4v) is 2.92. The first-order valence-electron chi connectivity index (χ1n) is 9.59. The molecule has 6 nitrogen and oxygen atoms in total. The number of aromatic amines is 1. The number of hydrogen-bond acceptors (Lipinski definition) is 5. The molecule has 0 saturated carbocycles. The summed E-state index contributed by atoms with van der Waals surface area (Å²) in [7, 11) is 0. The van der Waals surface area contributed by atoms with Crippen LogP contribution in [0.25, 0.3) is 11.3 Å². The second-order valence-electron chi connectivity index (χ2n) is 6.38. The lowest BCUT2D eigenvalue weighted by Crippen LogP contribution is -2.26. The highest BCUT2D eigenvalue weighted by molar-refractivity contribution is 5.94. The Morgan fingerprint density at radius 3 is 2.42 bits per heavy atom. The lowest BCUT2D eigenvalue weighted by Gasteiger charge is -2.23. The first-order chi connectivity index (χ1) is 12.7. The van der Waals surface area contributed by atoms with Crippen LogP contribution in [0.3, 0.4) is 0 Å². The molecule has 1 N–H and O–H groups in total. The van der Waals surface area contributed by atoms with Gasteiger partial charge in [0, 0.05) is 12.1 Å². The summed E-state index contributed by atoms with van der Waals surface area (Å²) >= 11 is 0. The van der Waals surface area contributed by atoms with Gasteiger partial charge < -0.3 is 4.74 Å². The molecule has 2 rings (SSSR count). The quantitative estimate of drug-likeness (QED) is 0.614. The molecule has 0 saturated heterocycles. The first-order valence-corrected chi connectivity index (χ1v) is 9.59. The molecule has 0 amide bonds. The van der Waals surface area contributed by atoms with Crippen LogP contribution in [-0.4, -0.2) is 46.0 Å². The number of nitrogens with one attached hydrogen (secondary N) is 1. The maximum absolute atomic E-state index is 12.2. The molecule has 2 aromatic rings. The Hall–Kier alpha value is -2.21. The Kier molecular flexibility index (Phi) is 8.28. The zero-order valence-electron chi connectivity index (χ0n) is 16.1. The summed E-state index contributed by atoms with van der Waals surface area (Å²) < 4.78 is 5.10. The fourth-order valence-electron chi connectivity index (χ4n) is 2.92. The number of esters is 1. The SMILES string of the molecule is CCCCN(CCCC)Cc1ccccc1-c1n[nH]nc1C(=O)OCC. The molecular formula is C20H30N4O2. The lowest BCUT2D eigenvalue weighted by atomic mass is 10.0. The molecule has 0 atom stereocenters. The van der Waals surface area contributed by atoms with Crippen LogP contribution in [-0.2, 0) is 11.3 Å². The second-order valence-corrected chi connectivity index (χ2v) is 6.38. The number of ether oxygens (including phenoxy) is 1. The van der Waals surface area contributed by atoms with Gasteiger partial charge in [0.1, 0.15) is 5.69 Å². The molecule has 0 spiro atoms. The van der Waals surface area contributed by atoms with E-state index in [1.54, 1.807) is 6.92 Å². The number of aromatic nitrogens is 3. The highest BCUT2D eigenvalue weighted by atomic mass is 16.5. The van der Waals surface area contributed by atoms with Crippen LogP contribution in [0.2, 0.25) is 0 Å². The van der Waals surface area contributed by atoms with Crippen LogP contribution < -0.4 is 0 Å². The summed E-state index contributed by atoms with van der Waals surface area (Å²) in [6, 6.07) is 8.09. The molecule has 26 heavy (non-hydrogen) atoms. The van der Waals surface area contributed by atoms with Crippen molar-refractivity contribution in [1.29, 1.82) is 0 Å². The molecule has 1 aromatic carbocycles. The van der Waals surface area contributed by atoms with E-state index in [1.807, 2.05) is 18.2 Å². The molecule has 0 aliphatic rings. The Morgan fingerprint density at radius 2 is 1.77 bits per heavy atom. The maximum Gasteiger partial charge on any atom is 0.361 e. The summed E-state index contributed by atoms with van der Waals surface area (Å²) in [5.41, 5.74) is 2.89. The number of nitrogens with zero attached hydrogens (tertiary/aromatic N) is 3. The van der Waals surface area contributed by atoms with E-state index in [-0.39, 0.29) is 5.69 Å². The molecule has 0 aliphatic carbocycles. The zero-order chi connectivity index (χ0) is 18.8. The smallest absolute Gasteiger partial charge is 0.361 e. The van der Waals surface area contributed by atoms with Gasteiger partial charge in [0.15, 0.2) is 5.69 Å². The largest absolute Gasteiger partial charge is 0.461 e. The van der Waals surface area contributed by atoms with E-state index in [1.165, 1.54) is 25.7 Å². The molecule has 142 valence electrons. The molecule has 0 aliphatic heterocycles. The summed E-state index contributed by atoms with van der Waals surface area (Å²) in [5.74, 6) is -0.445. The third kappa shape index (κ3) is 5.39. The summed E-state index contributed by atoms with van der Waals surface area (Å²) in [5, 5.41) is 10.8. The van der Waals surface area contributed by atoms with Crippen LogP contribution in [0.4, 0.5) is 0 Å². The number of carbonyl (C=O) groups excluding carboxylic acids is 1. The third-order valence-corrected chi connectivity index (χ3v) is 4.34. The molecule has 0 radical (unpaired) electrons. The Labute approximate surface area is 155 Å². The average molecular weight is 358 g/mol. The molecule has 0 unspecified atom stereocenters. The van der Waals surface area contributed by atoms with E-state index in [2.05, 4.69) is 40.2 Å². The van der Waals surface area contributed by atoms with Crippen LogP contribution in [0, 0.1) is 0 Å². The number of hydrogen-bond donors (Lipinski definition) is 1. The van der Waals surface area contributed by atoms with Crippen molar-refractivity contribution in [3.8, 4) is 11.3 Å².